The average molecular weight is 236 g/mol. The summed E-state index contributed by atoms with van der Waals surface area (Å²) in [5.41, 5.74) is -0.877. The van der Waals surface area contributed by atoms with Crippen LogP contribution in [0.1, 0.15) is 11.5 Å². The van der Waals surface area contributed by atoms with E-state index < -0.39 is 29.8 Å². The zero-order valence-corrected chi connectivity index (χ0v) is 8.13. The van der Waals surface area contributed by atoms with Gasteiger partial charge in [-0.3, -0.25) is 9.59 Å². The van der Waals surface area contributed by atoms with Gasteiger partial charge in [0.15, 0.2) is 5.43 Å². The zero-order chi connectivity index (χ0) is 12.3. The third-order valence-electron chi connectivity index (χ3n) is 1.64. The maximum absolute atomic E-state index is 12.2. The highest BCUT2D eigenvalue weighted by Gasteiger charge is 2.34. The minimum atomic E-state index is -4.76. The highest BCUT2D eigenvalue weighted by Crippen LogP contribution is 2.28. The number of hydrogen-bond donors (Lipinski definition) is 0. The van der Waals surface area contributed by atoms with Crippen molar-refractivity contribution in [2.24, 2.45) is 0 Å². The molecule has 0 amide bonds. The fourth-order valence-corrected chi connectivity index (χ4v) is 0.971. The molecule has 1 aromatic rings. The molecule has 16 heavy (non-hydrogen) atoms. The number of esters is 1. The predicted octanol–water partition coefficient (Wildman–Crippen LogP) is 1.37. The lowest BCUT2D eigenvalue weighted by molar-refractivity contribution is -0.155. The van der Waals surface area contributed by atoms with Crippen LogP contribution in [0.4, 0.5) is 13.2 Å². The van der Waals surface area contributed by atoms with Gasteiger partial charge in [0.25, 0.3) is 0 Å². The molecule has 0 fully saturated rings. The lowest BCUT2D eigenvalue weighted by atomic mass is 10.3. The first kappa shape index (κ1) is 12.3. The number of hydrogen-bond acceptors (Lipinski definition) is 4. The summed E-state index contributed by atoms with van der Waals surface area (Å²) in [5.74, 6) is -2.60. The molecule has 0 unspecified atom stereocenters. The number of alkyl halides is 3. The molecule has 1 heterocycles. The Labute approximate surface area is 87.6 Å². The van der Waals surface area contributed by atoms with Crippen molar-refractivity contribution in [2.75, 3.05) is 7.11 Å². The van der Waals surface area contributed by atoms with Crippen molar-refractivity contribution in [1.82, 2.24) is 0 Å². The van der Waals surface area contributed by atoms with Gasteiger partial charge in [0.1, 0.15) is 12.2 Å². The van der Waals surface area contributed by atoms with Crippen LogP contribution in [0.25, 0.3) is 0 Å². The standard InChI is InChI=1S/C9H7F3O4/c1-15-8(14)4-6-2-5(13)3-7(16-6)9(10,11)12/h2-3H,4H2,1H3. The molecule has 1 aromatic heterocycles. The smallest absolute Gasteiger partial charge is 0.449 e. The van der Waals surface area contributed by atoms with Crippen LogP contribution >= 0.6 is 0 Å². The molecule has 0 saturated heterocycles. The number of rotatable bonds is 2. The normalized spacial score (nSPS) is 11.2. The molecule has 0 spiro atoms. The Bertz CT molecular complexity index is 447. The van der Waals surface area contributed by atoms with Gasteiger partial charge in [0.05, 0.1) is 7.11 Å². The third-order valence-corrected chi connectivity index (χ3v) is 1.64. The van der Waals surface area contributed by atoms with E-state index >= 15 is 0 Å². The van der Waals surface area contributed by atoms with Crippen LogP contribution in [-0.2, 0) is 22.1 Å². The van der Waals surface area contributed by atoms with Gasteiger partial charge in [0, 0.05) is 12.1 Å². The second-order valence-electron chi connectivity index (χ2n) is 2.87. The Morgan fingerprint density at radius 3 is 2.56 bits per heavy atom. The zero-order valence-electron chi connectivity index (χ0n) is 8.13. The molecule has 0 aliphatic carbocycles. The van der Waals surface area contributed by atoms with E-state index in [2.05, 4.69) is 9.15 Å². The van der Waals surface area contributed by atoms with Crippen LogP contribution in [0.5, 0.6) is 0 Å². The topological polar surface area (TPSA) is 56.5 Å². The SMILES string of the molecule is COC(=O)Cc1cc(=O)cc(C(F)(F)F)o1. The van der Waals surface area contributed by atoms with Crippen LogP contribution in [-0.4, -0.2) is 13.1 Å². The van der Waals surface area contributed by atoms with Gasteiger partial charge >= 0.3 is 12.1 Å². The van der Waals surface area contributed by atoms with Crippen molar-refractivity contribution in [3.8, 4) is 0 Å². The van der Waals surface area contributed by atoms with Crippen LogP contribution < -0.4 is 5.43 Å². The first-order valence-corrected chi connectivity index (χ1v) is 4.11. The van der Waals surface area contributed by atoms with Gasteiger partial charge < -0.3 is 9.15 Å². The Morgan fingerprint density at radius 2 is 2.06 bits per heavy atom. The van der Waals surface area contributed by atoms with Crippen LogP contribution in [0.2, 0.25) is 0 Å². The summed E-state index contributed by atoms with van der Waals surface area (Å²) >= 11 is 0. The van der Waals surface area contributed by atoms with E-state index in [1.165, 1.54) is 0 Å². The monoisotopic (exact) mass is 236 g/mol. The molecular formula is C9H7F3O4. The number of halogens is 3. The molecule has 0 aliphatic heterocycles. The summed E-state index contributed by atoms with van der Waals surface area (Å²) < 4.78 is 45.3. The summed E-state index contributed by atoms with van der Waals surface area (Å²) in [5, 5.41) is 0. The van der Waals surface area contributed by atoms with Gasteiger partial charge in [0.2, 0.25) is 5.76 Å². The first-order chi connectivity index (χ1) is 7.32. The summed E-state index contributed by atoms with van der Waals surface area (Å²) in [7, 11) is 1.08. The van der Waals surface area contributed by atoms with Crippen molar-refractivity contribution in [2.45, 2.75) is 12.6 Å². The van der Waals surface area contributed by atoms with E-state index in [-0.39, 0.29) is 5.76 Å². The molecule has 0 N–H and O–H groups in total. The molecule has 0 aliphatic rings. The molecular weight excluding hydrogens is 229 g/mol. The van der Waals surface area contributed by atoms with Crippen molar-refractivity contribution in [1.29, 1.82) is 0 Å². The Morgan fingerprint density at radius 1 is 1.44 bits per heavy atom. The van der Waals surface area contributed by atoms with E-state index in [1.807, 2.05) is 0 Å². The van der Waals surface area contributed by atoms with Crippen molar-refractivity contribution in [3.63, 3.8) is 0 Å². The summed E-state index contributed by atoms with van der Waals surface area (Å²) in [6.45, 7) is 0. The van der Waals surface area contributed by atoms with Crippen LogP contribution in [0.15, 0.2) is 21.3 Å². The second kappa shape index (κ2) is 4.38. The first-order valence-electron chi connectivity index (χ1n) is 4.11. The molecule has 0 radical (unpaired) electrons. The van der Waals surface area contributed by atoms with E-state index in [0.29, 0.717) is 6.07 Å². The van der Waals surface area contributed by atoms with E-state index in [4.69, 9.17) is 0 Å². The highest BCUT2D eigenvalue weighted by atomic mass is 19.4. The fraction of sp³-hybridized carbons (Fsp3) is 0.333. The van der Waals surface area contributed by atoms with Gasteiger partial charge in [-0.1, -0.05) is 0 Å². The maximum atomic E-state index is 12.2. The average Bonchev–Trinajstić information content (AvgIpc) is 2.15. The summed E-state index contributed by atoms with van der Waals surface area (Å²) in [4.78, 5) is 21.7. The van der Waals surface area contributed by atoms with Crippen LogP contribution in [0, 0.1) is 0 Å². The van der Waals surface area contributed by atoms with Crippen molar-refractivity contribution >= 4 is 5.97 Å². The van der Waals surface area contributed by atoms with E-state index in [1.54, 1.807) is 0 Å². The van der Waals surface area contributed by atoms with Gasteiger partial charge in [-0.25, -0.2) is 0 Å². The van der Waals surface area contributed by atoms with Gasteiger partial charge in [-0.15, -0.1) is 0 Å². The van der Waals surface area contributed by atoms with Crippen LogP contribution in [0.3, 0.4) is 0 Å². The molecule has 0 atom stereocenters. The third kappa shape index (κ3) is 3.11. The lowest BCUT2D eigenvalue weighted by Gasteiger charge is -2.06. The largest absolute Gasteiger partial charge is 0.469 e. The van der Waals surface area contributed by atoms with Crippen molar-refractivity contribution in [3.05, 3.63) is 33.9 Å². The van der Waals surface area contributed by atoms with E-state index in [0.717, 1.165) is 13.2 Å². The van der Waals surface area contributed by atoms with Crippen molar-refractivity contribution < 1.29 is 27.1 Å². The molecule has 4 nitrogen and oxygen atoms in total. The minimum Gasteiger partial charge on any atom is -0.469 e. The number of ether oxygens (including phenoxy) is 1. The predicted molar refractivity (Wildman–Crippen MR) is 45.7 cm³/mol. The maximum Gasteiger partial charge on any atom is 0.449 e. The van der Waals surface area contributed by atoms with Gasteiger partial charge in [-0.2, -0.15) is 13.2 Å². The molecule has 1 rings (SSSR count). The molecule has 0 aromatic carbocycles. The summed E-state index contributed by atoms with van der Waals surface area (Å²) in [6, 6.07) is 1.13. The minimum absolute atomic E-state index is 0.320. The molecule has 0 bridgehead atoms. The Balaban J connectivity index is 3.09. The highest BCUT2D eigenvalue weighted by molar-refractivity contribution is 5.71. The molecule has 88 valence electrons. The summed E-state index contributed by atoms with van der Waals surface area (Å²) in [6.07, 6.45) is -5.28. The lowest BCUT2D eigenvalue weighted by Crippen LogP contribution is -2.13. The Kier molecular flexibility index (Phi) is 3.36. The number of methoxy groups -OCH3 is 1. The number of carbonyl (C=O) groups is 1. The van der Waals surface area contributed by atoms with E-state index in [9.17, 15) is 22.8 Å². The second-order valence-corrected chi connectivity index (χ2v) is 2.87. The van der Waals surface area contributed by atoms with Gasteiger partial charge in [-0.05, 0) is 0 Å². The number of carbonyl (C=O) groups excluding carboxylic acids is 1. The molecule has 7 heteroatoms. The molecule has 0 saturated carbocycles. The Hall–Kier alpha value is -1.79. The quantitative estimate of drug-likeness (QED) is 0.728. The fourth-order valence-electron chi connectivity index (χ4n) is 0.971.